The van der Waals surface area contributed by atoms with Crippen LogP contribution in [0.5, 0.6) is 5.75 Å². The molecule has 1 aromatic heterocycles. The first-order valence-electron chi connectivity index (χ1n) is 12.7. The number of carbonyl (C=O) groups excluding carboxylic acids is 2. The highest BCUT2D eigenvalue weighted by Gasteiger charge is 2.29. The maximum atomic E-state index is 12.5. The van der Waals surface area contributed by atoms with Crippen molar-refractivity contribution in [2.75, 3.05) is 12.9 Å². The molecular weight excluding hydrogens is 498 g/mol. The van der Waals surface area contributed by atoms with E-state index in [9.17, 15) is 13.8 Å². The van der Waals surface area contributed by atoms with Gasteiger partial charge in [0.05, 0.1) is 6.10 Å². The molecule has 1 unspecified atom stereocenters. The van der Waals surface area contributed by atoms with Gasteiger partial charge in [-0.25, -0.2) is 13.7 Å². The lowest BCUT2D eigenvalue weighted by molar-refractivity contribution is -0.126. The number of rotatable bonds is 9. The summed E-state index contributed by atoms with van der Waals surface area (Å²) in [5, 5.41) is 10.9. The zero-order chi connectivity index (χ0) is 26.4. The Bertz CT molecular complexity index is 1100. The van der Waals surface area contributed by atoms with Crippen LogP contribution in [0.3, 0.4) is 0 Å². The van der Waals surface area contributed by atoms with Gasteiger partial charge in [-0.05, 0) is 62.8 Å². The molecule has 37 heavy (non-hydrogen) atoms. The first kappa shape index (κ1) is 27.1. The van der Waals surface area contributed by atoms with E-state index in [0.29, 0.717) is 23.6 Å². The topological polar surface area (TPSA) is 136 Å². The van der Waals surface area contributed by atoms with Crippen LogP contribution >= 0.6 is 0 Å². The van der Waals surface area contributed by atoms with Crippen LogP contribution in [0.2, 0.25) is 0 Å². The number of hydrogen-bond donors (Lipinski definition) is 2. The minimum Gasteiger partial charge on any atom is -0.490 e. The Balaban J connectivity index is 1.34. The lowest BCUT2D eigenvalue weighted by Gasteiger charge is -2.28. The number of aromatic nitrogens is 3. The molecule has 2 aliphatic rings. The largest absolute Gasteiger partial charge is 0.490 e. The summed E-state index contributed by atoms with van der Waals surface area (Å²) in [6.07, 6.45) is 6.83. The Morgan fingerprint density at radius 3 is 2.59 bits per heavy atom. The molecule has 2 aromatic rings. The molecule has 0 aliphatic heterocycles. The zero-order valence-corrected chi connectivity index (χ0v) is 22.1. The van der Waals surface area contributed by atoms with Crippen LogP contribution < -0.4 is 10.1 Å². The molecule has 2 fully saturated rings. The van der Waals surface area contributed by atoms with Crippen LogP contribution in [0.15, 0.2) is 24.3 Å². The third-order valence-corrected chi connectivity index (χ3v) is 7.62. The molecule has 0 bridgehead atoms. The number of hydrogen-bond acceptors (Lipinski definition) is 7. The van der Waals surface area contributed by atoms with E-state index >= 15 is 0 Å². The summed E-state index contributed by atoms with van der Waals surface area (Å²) in [6, 6.07) is 7.72. The minimum absolute atomic E-state index is 0.0718. The fourth-order valence-electron chi connectivity index (χ4n) is 5.09. The van der Waals surface area contributed by atoms with Gasteiger partial charge in [0.2, 0.25) is 5.91 Å². The molecule has 2 saturated carbocycles. The van der Waals surface area contributed by atoms with Crippen LogP contribution in [0.25, 0.3) is 11.3 Å². The van der Waals surface area contributed by atoms with E-state index in [1.54, 1.807) is 23.7 Å². The van der Waals surface area contributed by atoms with Crippen molar-refractivity contribution in [2.45, 2.75) is 70.1 Å². The van der Waals surface area contributed by atoms with Crippen LogP contribution in [0.1, 0.15) is 57.1 Å². The zero-order valence-electron chi connectivity index (χ0n) is 21.3. The Labute approximate surface area is 219 Å². The van der Waals surface area contributed by atoms with Crippen molar-refractivity contribution >= 4 is 23.1 Å². The smallest absolute Gasteiger partial charge is 0.410 e. The van der Waals surface area contributed by atoms with Gasteiger partial charge < -0.3 is 24.2 Å². The number of aryl methyl sites for hydroxylation is 1. The SMILES string of the molecule is CN(C(=O)OCc1c(-c2ccc(O[C@H]3CCC[C@H](C(=O)NCS(=O)O)C3)cc2)nnn1C)C1CCCC1. The predicted octanol–water partition coefficient (Wildman–Crippen LogP) is 3.23. The van der Waals surface area contributed by atoms with E-state index in [2.05, 4.69) is 15.6 Å². The third-order valence-electron chi connectivity index (χ3n) is 7.23. The molecule has 1 heterocycles. The van der Waals surface area contributed by atoms with Gasteiger partial charge in [0.1, 0.15) is 29.6 Å². The van der Waals surface area contributed by atoms with E-state index in [1.807, 2.05) is 24.3 Å². The fraction of sp³-hybridized carbons (Fsp3) is 0.600. The summed E-state index contributed by atoms with van der Waals surface area (Å²) in [7, 11) is 3.56. The second kappa shape index (κ2) is 12.5. The minimum atomic E-state index is -2.06. The van der Waals surface area contributed by atoms with Gasteiger partial charge in [-0.2, -0.15) is 0 Å². The third kappa shape index (κ3) is 7.07. The maximum Gasteiger partial charge on any atom is 0.410 e. The van der Waals surface area contributed by atoms with Crippen LogP contribution in [-0.4, -0.2) is 65.7 Å². The molecule has 2 aliphatic carbocycles. The molecule has 3 atom stereocenters. The van der Waals surface area contributed by atoms with Gasteiger partial charge >= 0.3 is 6.09 Å². The van der Waals surface area contributed by atoms with Gasteiger partial charge in [-0.1, -0.05) is 18.1 Å². The molecule has 0 radical (unpaired) electrons. The van der Waals surface area contributed by atoms with Gasteiger partial charge in [-0.15, -0.1) is 5.10 Å². The number of nitrogens with zero attached hydrogens (tertiary/aromatic N) is 4. The summed E-state index contributed by atoms with van der Waals surface area (Å²) in [5.41, 5.74) is 2.17. The molecule has 0 spiro atoms. The monoisotopic (exact) mass is 533 g/mol. The van der Waals surface area contributed by atoms with E-state index in [4.69, 9.17) is 14.0 Å². The predicted molar refractivity (Wildman–Crippen MR) is 137 cm³/mol. The molecular formula is C25H35N5O6S. The van der Waals surface area contributed by atoms with Gasteiger partial charge in [0, 0.05) is 31.6 Å². The Morgan fingerprint density at radius 2 is 1.89 bits per heavy atom. The van der Waals surface area contributed by atoms with Crippen molar-refractivity contribution in [3.05, 3.63) is 30.0 Å². The lowest BCUT2D eigenvalue weighted by Crippen LogP contribution is -2.37. The standard InChI is InChI=1S/C25H35N5O6S/c1-29(19-7-3-4-8-19)25(32)35-15-22-23(27-28-30(22)2)17-10-12-20(13-11-17)36-21-9-5-6-18(14-21)24(31)26-16-37(33)34/h10-13,18-19,21H,3-9,14-16H2,1-2H3,(H,26,31)(H,33,34)/t18-,21-/m0/s1. The fourth-order valence-corrected chi connectivity index (χ4v) is 5.35. The second-order valence-electron chi connectivity index (χ2n) is 9.75. The van der Waals surface area contributed by atoms with Gasteiger partial charge in [0.15, 0.2) is 11.1 Å². The van der Waals surface area contributed by atoms with E-state index in [0.717, 1.165) is 50.5 Å². The number of benzene rings is 1. The van der Waals surface area contributed by atoms with Gasteiger partial charge in [0.25, 0.3) is 0 Å². The molecule has 2 amide bonds. The normalized spacial score (nSPS) is 20.8. The second-order valence-corrected chi connectivity index (χ2v) is 10.7. The van der Waals surface area contributed by atoms with E-state index < -0.39 is 11.1 Å². The number of carbonyl (C=O) groups is 2. The summed E-state index contributed by atoms with van der Waals surface area (Å²) in [6.45, 7) is 0.0718. The summed E-state index contributed by atoms with van der Waals surface area (Å²) < 4.78 is 33.0. The molecule has 12 heteroatoms. The first-order chi connectivity index (χ1) is 17.8. The maximum absolute atomic E-state index is 12.5. The lowest BCUT2D eigenvalue weighted by atomic mass is 9.86. The average molecular weight is 534 g/mol. The summed E-state index contributed by atoms with van der Waals surface area (Å²) in [4.78, 5) is 26.5. The van der Waals surface area contributed by atoms with Gasteiger partial charge in [-0.3, -0.25) is 4.79 Å². The van der Waals surface area contributed by atoms with Crippen LogP contribution in [0.4, 0.5) is 4.79 Å². The molecule has 202 valence electrons. The van der Waals surface area contributed by atoms with Crippen LogP contribution in [0, 0.1) is 5.92 Å². The molecule has 1 aromatic carbocycles. The van der Waals surface area contributed by atoms with Crippen molar-refractivity contribution in [3.8, 4) is 17.0 Å². The Kier molecular flexibility index (Phi) is 9.14. The highest BCUT2D eigenvalue weighted by atomic mass is 32.2. The molecule has 2 N–H and O–H groups in total. The van der Waals surface area contributed by atoms with Crippen molar-refractivity contribution in [1.29, 1.82) is 0 Å². The summed E-state index contributed by atoms with van der Waals surface area (Å²) >= 11 is -2.06. The quantitative estimate of drug-likeness (QED) is 0.469. The van der Waals surface area contributed by atoms with Crippen LogP contribution in [-0.2, 0) is 34.3 Å². The number of nitrogens with one attached hydrogen (secondary N) is 1. The Hall–Kier alpha value is -2.99. The molecule has 11 nitrogen and oxygen atoms in total. The molecule has 4 rings (SSSR count). The molecule has 0 saturated heterocycles. The van der Waals surface area contributed by atoms with Crippen molar-refractivity contribution in [1.82, 2.24) is 25.2 Å². The Morgan fingerprint density at radius 1 is 1.16 bits per heavy atom. The number of ether oxygens (including phenoxy) is 2. The number of amides is 2. The van der Waals surface area contributed by atoms with Crippen molar-refractivity contribution < 1.29 is 27.8 Å². The average Bonchev–Trinajstić information content (AvgIpc) is 3.56. The first-order valence-corrected chi connectivity index (χ1v) is 14.0. The highest BCUT2D eigenvalue weighted by Crippen LogP contribution is 2.30. The van der Waals surface area contributed by atoms with E-state index in [1.165, 1.54) is 0 Å². The van der Waals surface area contributed by atoms with Crippen molar-refractivity contribution in [3.63, 3.8) is 0 Å². The highest BCUT2D eigenvalue weighted by molar-refractivity contribution is 7.79. The van der Waals surface area contributed by atoms with E-state index in [-0.39, 0.29) is 42.5 Å². The summed E-state index contributed by atoms with van der Waals surface area (Å²) in [5.74, 6) is -0.0276. The van der Waals surface area contributed by atoms with Crippen molar-refractivity contribution in [2.24, 2.45) is 13.0 Å².